The van der Waals surface area contributed by atoms with Crippen LogP contribution in [0.15, 0.2) is 72.9 Å². The van der Waals surface area contributed by atoms with Crippen molar-refractivity contribution in [2.24, 2.45) is 0 Å². The number of aromatic hydroxyl groups is 1. The molecule has 4 rings (SSSR count). The molecule has 100 valence electrons. The average molecular weight is 271 g/mol. The molecule has 4 aromatic rings. The third-order valence-corrected chi connectivity index (χ3v) is 3.83. The largest absolute Gasteiger partial charge is 0.506 e. The minimum atomic E-state index is 0.217. The van der Waals surface area contributed by atoms with E-state index in [0.717, 1.165) is 16.5 Å². The first-order chi connectivity index (χ1) is 10.3. The zero-order valence-corrected chi connectivity index (χ0v) is 11.3. The molecule has 21 heavy (non-hydrogen) atoms. The van der Waals surface area contributed by atoms with Gasteiger partial charge in [-0.25, -0.2) is 0 Å². The van der Waals surface area contributed by atoms with Gasteiger partial charge in [0.2, 0.25) is 0 Å². The summed E-state index contributed by atoms with van der Waals surface area (Å²) in [7, 11) is 0. The Morgan fingerprint density at radius 2 is 1.43 bits per heavy atom. The molecule has 0 aliphatic rings. The number of hydrogen-bond donors (Lipinski definition) is 1. The summed E-state index contributed by atoms with van der Waals surface area (Å²) in [5.41, 5.74) is 2.89. The molecule has 0 amide bonds. The Balaban J connectivity index is 2.13. The molecular weight excluding hydrogens is 258 g/mol. The van der Waals surface area contributed by atoms with Crippen molar-refractivity contribution in [1.29, 1.82) is 0 Å². The Hall–Kier alpha value is -2.87. The lowest BCUT2D eigenvalue weighted by atomic mass is 9.95. The number of pyridine rings is 1. The lowest BCUT2D eigenvalue weighted by molar-refractivity contribution is 0.480. The molecule has 0 radical (unpaired) electrons. The Morgan fingerprint density at radius 3 is 2.38 bits per heavy atom. The van der Waals surface area contributed by atoms with Crippen molar-refractivity contribution >= 4 is 21.7 Å². The highest BCUT2D eigenvalue weighted by Crippen LogP contribution is 2.35. The monoisotopic (exact) mass is 271 g/mol. The number of rotatable bonds is 1. The van der Waals surface area contributed by atoms with Gasteiger partial charge in [-0.15, -0.1) is 0 Å². The number of benzene rings is 3. The van der Waals surface area contributed by atoms with Crippen LogP contribution < -0.4 is 0 Å². The maximum absolute atomic E-state index is 9.99. The van der Waals surface area contributed by atoms with E-state index in [4.69, 9.17) is 0 Å². The van der Waals surface area contributed by atoms with E-state index in [1.54, 1.807) is 12.3 Å². The predicted octanol–water partition coefficient (Wildman–Crippen LogP) is 4.76. The van der Waals surface area contributed by atoms with Crippen molar-refractivity contribution in [3.63, 3.8) is 0 Å². The Labute approximate surface area is 122 Å². The number of phenols is 1. The minimum absolute atomic E-state index is 0.217. The van der Waals surface area contributed by atoms with Gasteiger partial charge in [0.15, 0.2) is 0 Å². The SMILES string of the molecule is Oc1ccc(-c2cccc3ccccc23)c2cccnc12. The summed E-state index contributed by atoms with van der Waals surface area (Å²) in [4.78, 5) is 4.30. The Bertz CT molecular complexity index is 954. The smallest absolute Gasteiger partial charge is 0.141 e. The van der Waals surface area contributed by atoms with E-state index in [1.165, 1.54) is 10.8 Å². The van der Waals surface area contributed by atoms with Crippen LogP contribution in [0.4, 0.5) is 0 Å². The van der Waals surface area contributed by atoms with Gasteiger partial charge in [-0.05, 0) is 40.1 Å². The summed E-state index contributed by atoms with van der Waals surface area (Å²) in [5.74, 6) is 0.217. The van der Waals surface area contributed by atoms with Crippen LogP contribution in [0.2, 0.25) is 0 Å². The quantitative estimate of drug-likeness (QED) is 0.541. The van der Waals surface area contributed by atoms with E-state index in [0.29, 0.717) is 5.52 Å². The van der Waals surface area contributed by atoms with Gasteiger partial charge in [0.1, 0.15) is 11.3 Å². The van der Waals surface area contributed by atoms with E-state index in [1.807, 2.05) is 30.3 Å². The summed E-state index contributed by atoms with van der Waals surface area (Å²) in [5, 5.41) is 13.4. The van der Waals surface area contributed by atoms with Crippen LogP contribution in [0.3, 0.4) is 0 Å². The van der Waals surface area contributed by atoms with E-state index in [9.17, 15) is 5.11 Å². The molecule has 0 aliphatic heterocycles. The highest BCUT2D eigenvalue weighted by Gasteiger charge is 2.10. The van der Waals surface area contributed by atoms with Crippen molar-refractivity contribution in [2.45, 2.75) is 0 Å². The van der Waals surface area contributed by atoms with Crippen molar-refractivity contribution in [2.75, 3.05) is 0 Å². The second kappa shape index (κ2) is 4.60. The van der Waals surface area contributed by atoms with Crippen molar-refractivity contribution in [3.05, 3.63) is 72.9 Å². The minimum Gasteiger partial charge on any atom is -0.506 e. The summed E-state index contributed by atoms with van der Waals surface area (Å²) >= 11 is 0. The van der Waals surface area contributed by atoms with Gasteiger partial charge in [0, 0.05) is 11.6 Å². The van der Waals surface area contributed by atoms with Gasteiger partial charge in [-0.2, -0.15) is 0 Å². The van der Waals surface area contributed by atoms with Crippen LogP contribution in [-0.2, 0) is 0 Å². The summed E-state index contributed by atoms with van der Waals surface area (Å²) in [6.07, 6.45) is 1.70. The van der Waals surface area contributed by atoms with Crippen LogP contribution in [0.25, 0.3) is 32.8 Å². The second-order valence-corrected chi connectivity index (χ2v) is 5.06. The van der Waals surface area contributed by atoms with Gasteiger partial charge < -0.3 is 5.11 Å². The molecular formula is C19H13NO. The number of aromatic nitrogens is 1. The molecule has 0 atom stereocenters. The average Bonchev–Trinajstić information content (AvgIpc) is 2.55. The third-order valence-electron chi connectivity index (χ3n) is 3.83. The van der Waals surface area contributed by atoms with Crippen LogP contribution in [-0.4, -0.2) is 10.1 Å². The van der Waals surface area contributed by atoms with Crippen molar-refractivity contribution < 1.29 is 5.11 Å². The van der Waals surface area contributed by atoms with Gasteiger partial charge in [0.25, 0.3) is 0 Å². The zero-order valence-electron chi connectivity index (χ0n) is 11.3. The third kappa shape index (κ3) is 1.84. The molecule has 0 saturated heterocycles. The summed E-state index contributed by atoms with van der Waals surface area (Å²) in [6, 6.07) is 22.2. The Morgan fingerprint density at radius 1 is 0.667 bits per heavy atom. The topological polar surface area (TPSA) is 33.1 Å². The first kappa shape index (κ1) is 11.9. The first-order valence-corrected chi connectivity index (χ1v) is 6.89. The standard InChI is InChI=1S/C19H13NO/c21-18-11-10-16(17-9-4-12-20-19(17)18)15-8-3-6-13-5-1-2-7-14(13)15/h1-12,21H. The number of nitrogens with zero attached hydrogens (tertiary/aromatic N) is 1. The molecule has 2 nitrogen and oxygen atoms in total. The maximum atomic E-state index is 9.99. The number of fused-ring (bicyclic) bond motifs is 2. The molecule has 0 bridgehead atoms. The molecule has 1 N–H and O–H groups in total. The molecule has 0 spiro atoms. The molecule has 0 saturated carbocycles. The fourth-order valence-corrected chi connectivity index (χ4v) is 2.85. The number of phenolic OH excluding ortho intramolecular Hbond substituents is 1. The maximum Gasteiger partial charge on any atom is 0.141 e. The molecule has 0 unspecified atom stereocenters. The van der Waals surface area contributed by atoms with Crippen LogP contribution in [0.1, 0.15) is 0 Å². The fraction of sp³-hybridized carbons (Fsp3) is 0. The predicted molar refractivity (Wildman–Crippen MR) is 86.3 cm³/mol. The fourth-order valence-electron chi connectivity index (χ4n) is 2.85. The molecule has 2 heteroatoms. The van der Waals surface area contributed by atoms with Crippen LogP contribution >= 0.6 is 0 Å². The van der Waals surface area contributed by atoms with Crippen LogP contribution in [0, 0.1) is 0 Å². The lowest BCUT2D eigenvalue weighted by Crippen LogP contribution is -1.86. The number of hydrogen-bond acceptors (Lipinski definition) is 2. The van der Waals surface area contributed by atoms with E-state index in [2.05, 4.69) is 35.3 Å². The molecule has 3 aromatic carbocycles. The van der Waals surface area contributed by atoms with E-state index in [-0.39, 0.29) is 5.75 Å². The first-order valence-electron chi connectivity index (χ1n) is 6.89. The zero-order chi connectivity index (χ0) is 14.2. The molecule has 0 aliphatic carbocycles. The van der Waals surface area contributed by atoms with Crippen molar-refractivity contribution in [1.82, 2.24) is 4.98 Å². The molecule has 0 fully saturated rings. The van der Waals surface area contributed by atoms with Gasteiger partial charge in [-0.3, -0.25) is 4.98 Å². The highest BCUT2D eigenvalue weighted by atomic mass is 16.3. The second-order valence-electron chi connectivity index (χ2n) is 5.06. The molecule has 1 aromatic heterocycles. The van der Waals surface area contributed by atoms with E-state index >= 15 is 0 Å². The molecule has 1 heterocycles. The normalized spacial score (nSPS) is 11.0. The van der Waals surface area contributed by atoms with Gasteiger partial charge >= 0.3 is 0 Å². The van der Waals surface area contributed by atoms with Crippen LogP contribution in [0.5, 0.6) is 5.75 Å². The van der Waals surface area contributed by atoms with E-state index < -0.39 is 0 Å². The van der Waals surface area contributed by atoms with Gasteiger partial charge in [0.05, 0.1) is 0 Å². The highest BCUT2D eigenvalue weighted by molar-refractivity contribution is 6.05. The van der Waals surface area contributed by atoms with Gasteiger partial charge in [-0.1, -0.05) is 48.5 Å². The van der Waals surface area contributed by atoms with Crippen molar-refractivity contribution in [3.8, 4) is 16.9 Å². The Kier molecular flexibility index (Phi) is 2.61. The lowest BCUT2D eigenvalue weighted by Gasteiger charge is -2.10. The summed E-state index contributed by atoms with van der Waals surface area (Å²) < 4.78 is 0. The summed E-state index contributed by atoms with van der Waals surface area (Å²) in [6.45, 7) is 0.